The highest BCUT2D eigenvalue weighted by molar-refractivity contribution is 5.80. The van der Waals surface area contributed by atoms with Gasteiger partial charge in [0.25, 0.3) is 0 Å². The molecule has 2 N–H and O–H groups in total. The van der Waals surface area contributed by atoms with Gasteiger partial charge in [-0.15, -0.1) is 0 Å². The van der Waals surface area contributed by atoms with E-state index in [1.165, 1.54) is 13.2 Å². The predicted octanol–water partition coefficient (Wildman–Crippen LogP) is 1.61. The summed E-state index contributed by atoms with van der Waals surface area (Å²) in [5.41, 5.74) is 6.86. The van der Waals surface area contributed by atoms with E-state index in [0.717, 1.165) is 24.9 Å². The van der Waals surface area contributed by atoms with Crippen molar-refractivity contribution in [2.24, 2.45) is 11.7 Å². The highest BCUT2D eigenvalue weighted by Gasteiger charge is 2.34. The van der Waals surface area contributed by atoms with Gasteiger partial charge in [0, 0.05) is 44.0 Å². The molecule has 2 atom stereocenters. The van der Waals surface area contributed by atoms with Crippen LogP contribution >= 0.6 is 0 Å². The number of nitrogens with two attached hydrogens (primary N) is 1. The first-order valence-electron chi connectivity index (χ1n) is 8.23. The second-order valence-electron chi connectivity index (χ2n) is 6.33. The van der Waals surface area contributed by atoms with Crippen LogP contribution in [0.25, 0.3) is 0 Å². The molecule has 1 saturated carbocycles. The Bertz CT molecular complexity index is 573. The van der Waals surface area contributed by atoms with Gasteiger partial charge in [0.2, 0.25) is 5.91 Å². The van der Waals surface area contributed by atoms with Crippen molar-refractivity contribution in [3.8, 4) is 5.75 Å². The third-order valence-corrected chi connectivity index (χ3v) is 4.98. The summed E-state index contributed by atoms with van der Waals surface area (Å²) in [6.07, 6.45) is 2.90. The van der Waals surface area contributed by atoms with Crippen molar-refractivity contribution in [3.63, 3.8) is 0 Å². The molecule has 1 amide bonds. The lowest BCUT2D eigenvalue weighted by molar-refractivity contribution is -0.136. The predicted molar refractivity (Wildman–Crippen MR) is 87.1 cm³/mol. The summed E-state index contributed by atoms with van der Waals surface area (Å²) in [5, 5.41) is 0. The fourth-order valence-electron chi connectivity index (χ4n) is 3.57. The van der Waals surface area contributed by atoms with Gasteiger partial charge in [0.05, 0.1) is 13.0 Å². The van der Waals surface area contributed by atoms with Crippen LogP contribution in [0.4, 0.5) is 10.1 Å². The Labute approximate surface area is 136 Å². The lowest BCUT2D eigenvalue weighted by Crippen LogP contribution is -2.52. The molecule has 5 nitrogen and oxygen atoms in total. The minimum atomic E-state index is -0.361. The van der Waals surface area contributed by atoms with Crippen molar-refractivity contribution in [1.29, 1.82) is 0 Å². The molecular formula is C17H24FN3O2. The van der Waals surface area contributed by atoms with E-state index in [1.54, 1.807) is 6.07 Å². The zero-order valence-electron chi connectivity index (χ0n) is 13.5. The molecule has 2 aliphatic rings. The van der Waals surface area contributed by atoms with Gasteiger partial charge < -0.3 is 20.3 Å². The first kappa shape index (κ1) is 16.1. The van der Waals surface area contributed by atoms with Crippen LogP contribution in [-0.2, 0) is 4.79 Å². The number of halogens is 1. The van der Waals surface area contributed by atoms with Crippen LogP contribution in [0.5, 0.6) is 5.75 Å². The summed E-state index contributed by atoms with van der Waals surface area (Å²) in [7, 11) is 1.45. The van der Waals surface area contributed by atoms with Gasteiger partial charge in [0.1, 0.15) is 0 Å². The van der Waals surface area contributed by atoms with Crippen molar-refractivity contribution in [2.75, 3.05) is 38.2 Å². The number of anilines is 1. The molecular weight excluding hydrogens is 297 g/mol. The summed E-state index contributed by atoms with van der Waals surface area (Å²) in [4.78, 5) is 16.5. The number of ether oxygens (including phenoxy) is 1. The van der Waals surface area contributed by atoms with Crippen LogP contribution in [-0.4, -0.2) is 50.1 Å². The summed E-state index contributed by atoms with van der Waals surface area (Å²) in [6, 6.07) is 4.99. The molecule has 0 unspecified atom stereocenters. The van der Waals surface area contributed by atoms with E-state index in [1.807, 2.05) is 11.0 Å². The Morgan fingerprint density at radius 3 is 2.57 bits per heavy atom. The molecule has 6 heteroatoms. The summed E-state index contributed by atoms with van der Waals surface area (Å²) >= 11 is 0. The van der Waals surface area contributed by atoms with Crippen molar-refractivity contribution in [1.82, 2.24) is 4.90 Å². The molecule has 1 saturated heterocycles. The molecule has 0 spiro atoms. The smallest absolute Gasteiger partial charge is 0.227 e. The molecule has 1 aliphatic heterocycles. The first-order valence-corrected chi connectivity index (χ1v) is 8.23. The van der Waals surface area contributed by atoms with E-state index in [4.69, 9.17) is 10.5 Å². The SMILES string of the molecule is COc1ccc(N2CCN(C(=O)[C@H]3CCC[C@H]3N)CC2)cc1F. The Morgan fingerprint density at radius 1 is 1.26 bits per heavy atom. The maximum absolute atomic E-state index is 13.8. The van der Waals surface area contributed by atoms with Gasteiger partial charge in [-0.2, -0.15) is 0 Å². The Hall–Kier alpha value is -1.82. The number of hydrogen-bond donors (Lipinski definition) is 1. The monoisotopic (exact) mass is 321 g/mol. The second kappa shape index (κ2) is 6.74. The van der Waals surface area contributed by atoms with Crippen LogP contribution in [0.1, 0.15) is 19.3 Å². The van der Waals surface area contributed by atoms with Gasteiger partial charge in [-0.25, -0.2) is 4.39 Å². The van der Waals surface area contributed by atoms with Crippen LogP contribution in [0.2, 0.25) is 0 Å². The highest BCUT2D eigenvalue weighted by atomic mass is 19.1. The highest BCUT2D eigenvalue weighted by Crippen LogP contribution is 2.28. The molecule has 1 heterocycles. The first-order chi connectivity index (χ1) is 11.1. The zero-order valence-corrected chi connectivity index (χ0v) is 13.5. The van der Waals surface area contributed by atoms with E-state index in [0.29, 0.717) is 26.2 Å². The largest absolute Gasteiger partial charge is 0.494 e. The third-order valence-electron chi connectivity index (χ3n) is 4.98. The fraction of sp³-hybridized carbons (Fsp3) is 0.588. The number of methoxy groups -OCH3 is 1. The van der Waals surface area contributed by atoms with Crippen LogP contribution in [0.15, 0.2) is 18.2 Å². The van der Waals surface area contributed by atoms with Crippen molar-refractivity contribution in [3.05, 3.63) is 24.0 Å². The van der Waals surface area contributed by atoms with Crippen LogP contribution < -0.4 is 15.4 Å². The Kier molecular flexibility index (Phi) is 4.71. The van der Waals surface area contributed by atoms with E-state index in [2.05, 4.69) is 4.90 Å². The number of benzene rings is 1. The van der Waals surface area contributed by atoms with Gasteiger partial charge >= 0.3 is 0 Å². The topological polar surface area (TPSA) is 58.8 Å². The summed E-state index contributed by atoms with van der Waals surface area (Å²) in [6.45, 7) is 2.74. The maximum Gasteiger partial charge on any atom is 0.227 e. The van der Waals surface area contributed by atoms with Gasteiger partial charge in [-0.1, -0.05) is 6.42 Å². The molecule has 3 rings (SSSR count). The number of carbonyl (C=O) groups is 1. The molecule has 0 bridgehead atoms. The van der Waals surface area contributed by atoms with Crippen LogP contribution in [0.3, 0.4) is 0 Å². The second-order valence-corrected chi connectivity index (χ2v) is 6.33. The lowest BCUT2D eigenvalue weighted by atomic mass is 10.0. The fourth-order valence-corrected chi connectivity index (χ4v) is 3.57. The van der Waals surface area contributed by atoms with Crippen LogP contribution in [0, 0.1) is 11.7 Å². The average Bonchev–Trinajstić information content (AvgIpc) is 3.00. The molecule has 23 heavy (non-hydrogen) atoms. The number of amides is 1. The number of piperazine rings is 1. The van der Waals surface area contributed by atoms with E-state index >= 15 is 0 Å². The number of carbonyl (C=O) groups excluding carboxylic acids is 1. The molecule has 0 radical (unpaired) electrons. The van der Waals surface area contributed by atoms with Gasteiger partial charge in [-0.3, -0.25) is 4.79 Å². The maximum atomic E-state index is 13.8. The third kappa shape index (κ3) is 3.27. The molecule has 2 fully saturated rings. The quantitative estimate of drug-likeness (QED) is 0.919. The Morgan fingerprint density at radius 2 is 2.00 bits per heavy atom. The molecule has 0 aromatic heterocycles. The van der Waals surface area contributed by atoms with Crippen molar-refractivity contribution < 1.29 is 13.9 Å². The van der Waals surface area contributed by atoms with Gasteiger partial charge in [0.15, 0.2) is 11.6 Å². The van der Waals surface area contributed by atoms with E-state index in [9.17, 15) is 9.18 Å². The Balaban J connectivity index is 1.60. The van der Waals surface area contributed by atoms with E-state index in [-0.39, 0.29) is 29.4 Å². The molecule has 1 aliphatic carbocycles. The minimum absolute atomic E-state index is 0.0104. The molecule has 1 aromatic carbocycles. The summed E-state index contributed by atoms with van der Waals surface area (Å²) < 4.78 is 18.8. The molecule has 1 aromatic rings. The van der Waals surface area contributed by atoms with Crippen molar-refractivity contribution in [2.45, 2.75) is 25.3 Å². The number of nitrogens with zero attached hydrogens (tertiary/aromatic N) is 2. The zero-order chi connectivity index (χ0) is 16.4. The number of hydrogen-bond acceptors (Lipinski definition) is 4. The standard InChI is InChI=1S/C17H24FN3O2/c1-23-16-6-5-12(11-14(16)18)20-7-9-21(10-8-20)17(22)13-3-2-4-15(13)19/h5-6,11,13,15H,2-4,7-10,19H2,1H3/t13-,15+/m0/s1. The molecule has 126 valence electrons. The minimum Gasteiger partial charge on any atom is -0.494 e. The van der Waals surface area contributed by atoms with Gasteiger partial charge in [-0.05, 0) is 25.0 Å². The average molecular weight is 321 g/mol. The van der Waals surface area contributed by atoms with E-state index < -0.39 is 0 Å². The lowest BCUT2D eigenvalue weighted by Gasteiger charge is -2.37. The number of rotatable bonds is 3. The summed E-state index contributed by atoms with van der Waals surface area (Å²) in [5.74, 6) is 0.0637. The van der Waals surface area contributed by atoms with Crippen molar-refractivity contribution >= 4 is 11.6 Å². The normalized spacial score (nSPS) is 24.8.